The van der Waals surface area contributed by atoms with Gasteiger partial charge in [-0.2, -0.15) is 0 Å². The van der Waals surface area contributed by atoms with Crippen LogP contribution in [0.1, 0.15) is 6.42 Å². The van der Waals surface area contributed by atoms with Crippen LogP contribution in [-0.4, -0.2) is 11.8 Å². The topological polar surface area (TPSA) is 37.4 Å². The summed E-state index contributed by atoms with van der Waals surface area (Å²) < 4.78 is 0. The largest absolute Gasteiger partial charge is 0.274 e. The van der Waals surface area contributed by atoms with Crippen LogP contribution in [0.2, 0.25) is 5.02 Å². The molecule has 19 heavy (non-hydrogen) atoms. The monoisotopic (exact) mass is 273 g/mol. The number of allylic oxidation sites excluding steroid dienone is 2. The summed E-state index contributed by atoms with van der Waals surface area (Å²) in [5.41, 5.74) is 0.594. The predicted molar refractivity (Wildman–Crippen MR) is 71.7 cm³/mol. The first-order chi connectivity index (χ1) is 9.16. The molecule has 2 amide bonds. The molecule has 96 valence electrons. The number of hydrogen-bond donors (Lipinski definition) is 0. The van der Waals surface area contributed by atoms with Gasteiger partial charge in [0, 0.05) is 5.02 Å². The smallest absolute Gasteiger partial charge is 0.238 e. The van der Waals surface area contributed by atoms with E-state index in [2.05, 4.69) is 12.2 Å². The predicted octanol–water partition coefficient (Wildman–Crippen LogP) is 2.65. The minimum atomic E-state index is -0.151. The Kier molecular flexibility index (Phi) is 2.19. The molecule has 4 atom stereocenters. The van der Waals surface area contributed by atoms with Crippen LogP contribution in [0.3, 0.4) is 0 Å². The van der Waals surface area contributed by atoms with E-state index in [1.165, 1.54) is 4.90 Å². The van der Waals surface area contributed by atoms with Gasteiger partial charge < -0.3 is 0 Å². The lowest BCUT2D eigenvalue weighted by Crippen LogP contribution is -2.32. The highest BCUT2D eigenvalue weighted by Crippen LogP contribution is 2.53. The number of benzene rings is 1. The molecule has 3 aliphatic rings. The SMILES string of the molecule is O=C1[C@@H]2[C@H](C(=O)N1c1cccc(Cl)c1)[C@@H]1C=C[C@@H]2C1. The average Bonchev–Trinajstić information content (AvgIpc) is 3.04. The molecule has 1 heterocycles. The lowest BCUT2D eigenvalue weighted by molar-refractivity contribution is -0.123. The second kappa shape index (κ2) is 3.70. The first-order valence-corrected chi connectivity index (χ1v) is 6.86. The normalized spacial score (nSPS) is 35.3. The van der Waals surface area contributed by atoms with Crippen LogP contribution in [-0.2, 0) is 9.59 Å². The van der Waals surface area contributed by atoms with Crippen molar-refractivity contribution in [1.29, 1.82) is 0 Å². The standard InChI is InChI=1S/C15H12ClNO2/c16-10-2-1-3-11(7-10)17-14(18)12-8-4-5-9(6-8)13(12)15(17)19/h1-5,7-9,12-13H,6H2/t8-,9-,12-,13+/m1/s1. The number of rotatable bonds is 1. The van der Waals surface area contributed by atoms with Crippen LogP contribution < -0.4 is 4.90 Å². The summed E-state index contributed by atoms with van der Waals surface area (Å²) in [4.78, 5) is 26.4. The Bertz CT molecular complexity index is 594. The summed E-state index contributed by atoms with van der Waals surface area (Å²) >= 11 is 5.95. The molecule has 1 aliphatic heterocycles. The van der Waals surface area contributed by atoms with Crippen molar-refractivity contribution in [2.75, 3.05) is 4.90 Å². The molecule has 0 spiro atoms. The Morgan fingerprint density at radius 1 is 1.05 bits per heavy atom. The van der Waals surface area contributed by atoms with Crippen molar-refractivity contribution in [3.63, 3.8) is 0 Å². The third-order valence-electron chi connectivity index (χ3n) is 4.54. The van der Waals surface area contributed by atoms with Crippen molar-refractivity contribution in [2.24, 2.45) is 23.7 Å². The lowest BCUT2D eigenvalue weighted by Gasteiger charge is -2.17. The first kappa shape index (κ1) is 11.2. The Hall–Kier alpha value is -1.61. The number of halogens is 1. The van der Waals surface area contributed by atoms with E-state index >= 15 is 0 Å². The fourth-order valence-electron chi connectivity index (χ4n) is 3.77. The molecule has 4 heteroatoms. The molecule has 2 fully saturated rings. The maximum absolute atomic E-state index is 12.5. The number of imide groups is 1. The molecule has 0 unspecified atom stereocenters. The average molecular weight is 274 g/mol. The second-order valence-corrected chi connectivity index (χ2v) is 5.93. The van der Waals surface area contributed by atoms with Gasteiger partial charge in [-0.3, -0.25) is 9.59 Å². The molecule has 1 saturated heterocycles. The summed E-state index contributed by atoms with van der Waals surface area (Å²) in [6.07, 6.45) is 5.15. The van der Waals surface area contributed by atoms with Crippen molar-refractivity contribution >= 4 is 29.1 Å². The highest BCUT2D eigenvalue weighted by molar-refractivity contribution is 6.31. The van der Waals surface area contributed by atoms with E-state index in [-0.39, 0.29) is 35.5 Å². The number of carbonyl (C=O) groups is 2. The van der Waals surface area contributed by atoms with Gasteiger partial charge in [-0.15, -0.1) is 0 Å². The van der Waals surface area contributed by atoms with E-state index in [0.717, 1.165) is 6.42 Å². The lowest BCUT2D eigenvalue weighted by atomic mass is 9.85. The van der Waals surface area contributed by atoms with Crippen LogP contribution in [0.25, 0.3) is 0 Å². The van der Waals surface area contributed by atoms with E-state index < -0.39 is 0 Å². The number of amides is 2. The third-order valence-corrected chi connectivity index (χ3v) is 4.77. The van der Waals surface area contributed by atoms with Gasteiger partial charge in [0.2, 0.25) is 11.8 Å². The molecule has 4 rings (SSSR count). The van der Waals surface area contributed by atoms with Gasteiger partial charge in [0.15, 0.2) is 0 Å². The number of anilines is 1. The van der Waals surface area contributed by atoms with E-state index in [9.17, 15) is 9.59 Å². The zero-order valence-corrected chi connectivity index (χ0v) is 10.9. The molecule has 0 radical (unpaired) electrons. The molecule has 2 aliphatic carbocycles. The van der Waals surface area contributed by atoms with Crippen LogP contribution in [0.5, 0.6) is 0 Å². The van der Waals surface area contributed by atoms with Crippen LogP contribution in [0.4, 0.5) is 5.69 Å². The molecule has 1 aromatic rings. The van der Waals surface area contributed by atoms with Crippen molar-refractivity contribution in [2.45, 2.75) is 6.42 Å². The number of hydrogen-bond acceptors (Lipinski definition) is 2. The maximum Gasteiger partial charge on any atom is 0.238 e. The number of nitrogens with zero attached hydrogens (tertiary/aromatic N) is 1. The van der Waals surface area contributed by atoms with Crippen LogP contribution >= 0.6 is 11.6 Å². The highest BCUT2D eigenvalue weighted by Gasteiger charge is 2.59. The van der Waals surface area contributed by atoms with E-state index in [1.54, 1.807) is 24.3 Å². The van der Waals surface area contributed by atoms with Crippen molar-refractivity contribution in [1.82, 2.24) is 0 Å². The Labute approximate surface area is 115 Å². The minimum absolute atomic E-state index is 0.0610. The summed E-state index contributed by atoms with van der Waals surface area (Å²) in [6, 6.07) is 6.94. The summed E-state index contributed by atoms with van der Waals surface area (Å²) in [5.74, 6) is 0.0671. The molecule has 0 N–H and O–H groups in total. The van der Waals surface area contributed by atoms with Gasteiger partial charge in [0.25, 0.3) is 0 Å². The van der Waals surface area contributed by atoms with E-state index in [1.807, 2.05) is 0 Å². The summed E-state index contributed by atoms with van der Waals surface area (Å²) in [5, 5.41) is 0.538. The minimum Gasteiger partial charge on any atom is -0.274 e. The van der Waals surface area contributed by atoms with Gasteiger partial charge in [-0.05, 0) is 36.5 Å². The van der Waals surface area contributed by atoms with E-state index in [0.29, 0.717) is 10.7 Å². The zero-order chi connectivity index (χ0) is 13.1. The van der Waals surface area contributed by atoms with Gasteiger partial charge in [0.1, 0.15) is 0 Å². The fraction of sp³-hybridized carbons (Fsp3) is 0.333. The number of fused-ring (bicyclic) bond motifs is 5. The Morgan fingerprint density at radius 2 is 1.68 bits per heavy atom. The first-order valence-electron chi connectivity index (χ1n) is 6.48. The Morgan fingerprint density at radius 3 is 2.26 bits per heavy atom. The molecular formula is C15H12ClNO2. The summed E-state index contributed by atoms with van der Waals surface area (Å²) in [6.45, 7) is 0. The quantitative estimate of drug-likeness (QED) is 0.583. The summed E-state index contributed by atoms with van der Waals surface area (Å²) in [7, 11) is 0. The van der Waals surface area contributed by atoms with Crippen molar-refractivity contribution < 1.29 is 9.59 Å². The van der Waals surface area contributed by atoms with Crippen LogP contribution in [0, 0.1) is 23.7 Å². The van der Waals surface area contributed by atoms with Gasteiger partial charge in [-0.1, -0.05) is 29.8 Å². The van der Waals surface area contributed by atoms with Gasteiger partial charge in [0.05, 0.1) is 17.5 Å². The van der Waals surface area contributed by atoms with E-state index in [4.69, 9.17) is 11.6 Å². The molecule has 0 aromatic heterocycles. The number of carbonyl (C=O) groups excluding carboxylic acids is 2. The third kappa shape index (κ3) is 1.39. The van der Waals surface area contributed by atoms with Crippen molar-refractivity contribution in [3.05, 3.63) is 41.4 Å². The molecule has 1 saturated carbocycles. The van der Waals surface area contributed by atoms with Gasteiger partial charge >= 0.3 is 0 Å². The Balaban J connectivity index is 1.77. The van der Waals surface area contributed by atoms with Crippen LogP contribution in [0.15, 0.2) is 36.4 Å². The second-order valence-electron chi connectivity index (χ2n) is 5.49. The highest BCUT2D eigenvalue weighted by atomic mass is 35.5. The molecule has 1 aromatic carbocycles. The fourth-order valence-corrected chi connectivity index (χ4v) is 3.96. The molecular weight excluding hydrogens is 262 g/mol. The van der Waals surface area contributed by atoms with Crippen molar-refractivity contribution in [3.8, 4) is 0 Å². The zero-order valence-electron chi connectivity index (χ0n) is 10.1. The van der Waals surface area contributed by atoms with Gasteiger partial charge in [-0.25, -0.2) is 4.90 Å². The molecule has 3 nitrogen and oxygen atoms in total. The molecule has 2 bridgehead atoms. The maximum atomic E-state index is 12.5.